The molecule has 0 atom stereocenters. The number of hydrogen-bond acceptors (Lipinski definition) is 4. The highest BCUT2D eigenvalue weighted by atomic mass is 35.5. The molecule has 6 heteroatoms. The van der Waals surface area contributed by atoms with E-state index in [2.05, 4.69) is 5.32 Å². The summed E-state index contributed by atoms with van der Waals surface area (Å²) in [6.45, 7) is 0.959. The standard InChI is InChI=1S/C30H27ClN2O2S/c31-24-10-6-9-23(17-24)20-35-25-15-13-22(14-16-25)19-33-30-28(26-11-4-5-12-27(26)36-30)29(34)32-18-21-7-2-1-3-8-21/h1-3,6-10,13-17,19H,4-5,11-12,18,20H2,(H,32,34). The van der Waals surface area contributed by atoms with Gasteiger partial charge in [0.2, 0.25) is 0 Å². The zero-order valence-electron chi connectivity index (χ0n) is 19.9. The van der Waals surface area contributed by atoms with E-state index in [0.717, 1.165) is 52.3 Å². The number of fused-ring (bicyclic) bond motifs is 1. The Hall–Kier alpha value is -3.41. The van der Waals surface area contributed by atoms with Gasteiger partial charge in [0.15, 0.2) is 0 Å². The summed E-state index contributed by atoms with van der Waals surface area (Å²) in [7, 11) is 0. The largest absolute Gasteiger partial charge is 0.489 e. The van der Waals surface area contributed by atoms with Crippen LogP contribution in [0.4, 0.5) is 5.00 Å². The van der Waals surface area contributed by atoms with Gasteiger partial charge in [0.25, 0.3) is 5.91 Å². The highest BCUT2D eigenvalue weighted by molar-refractivity contribution is 7.16. The van der Waals surface area contributed by atoms with Crippen LogP contribution < -0.4 is 10.1 Å². The second kappa shape index (κ2) is 11.5. The molecule has 1 amide bonds. The van der Waals surface area contributed by atoms with Crippen LogP contribution in [0, 0.1) is 0 Å². The number of nitrogens with zero attached hydrogens (tertiary/aromatic N) is 1. The van der Waals surface area contributed by atoms with Crippen LogP contribution in [-0.2, 0) is 26.0 Å². The fourth-order valence-electron chi connectivity index (χ4n) is 4.32. The molecule has 182 valence electrons. The quantitative estimate of drug-likeness (QED) is 0.247. The first-order chi connectivity index (χ1) is 17.7. The van der Waals surface area contributed by atoms with Gasteiger partial charge >= 0.3 is 0 Å². The van der Waals surface area contributed by atoms with Crippen LogP contribution in [0.1, 0.15) is 50.3 Å². The minimum absolute atomic E-state index is 0.0461. The van der Waals surface area contributed by atoms with E-state index >= 15 is 0 Å². The number of aryl methyl sites for hydroxylation is 1. The number of benzene rings is 3. The number of carbonyl (C=O) groups excluding carboxylic acids is 1. The summed E-state index contributed by atoms with van der Waals surface area (Å²) in [5, 5.41) is 4.58. The number of ether oxygens (including phenoxy) is 1. The van der Waals surface area contributed by atoms with Crippen LogP contribution in [0.15, 0.2) is 83.9 Å². The van der Waals surface area contributed by atoms with Crippen molar-refractivity contribution in [2.24, 2.45) is 4.99 Å². The van der Waals surface area contributed by atoms with E-state index < -0.39 is 0 Å². The number of aliphatic imine (C=N–C) groups is 1. The van der Waals surface area contributed by atoms with Gasteiger partial charge in [-0.15, -0.1) is 11.3 Å². The van der Waals surface area contributed by atoms with Gasteiger partial charge in [0, 0.05) is 22.7 Å². The zero-order valence-corrected chi connectivity index (χ0v) is 21.4. The second-order valence-electron chi connectivity index (χ2n) is 8.81. The smallest absolute Gasteiger partial charge is 0.254 e. The van der Waals surface area contributed by atoms with Gasteiger partial charge in [0.05, 0.1) is 5.56 Å². The second-order valence-corrected chi connectivity index (χ2v) is 10.3. The summed E-state index contributed by atoms with van der Waals surface area (Å²) in [5.41, 5.74) is 4.97. The first kappa shape index (κ1) is 24.3. The van der Waals surface area contributed by atoms with E-state index in [-0.39, 0.29) is 5.91 Å². The molecule has 0 bridgehead atoms. The van der Waals surface area contributed by atoms with Gasteiger partial charge in [-0.3, -0.25) is 4.79 Å². The molecule has 1 aliphatic rings. The Morgan fingerprint density at radius 3 is 2.56 bits per heavy atom. The van der Waals surface area contributed by atoms with Crippen molar-refractivity contribution in [1.82, 2.24) is 5.32 Å². The predicted octanol–water partition coefficient (Wildman–Crippen LogP) is 7.54. The number of amides is 1. The normalized spacial score (nSPS) is 12.9. The van der Waals surface area contributed by atoms with Crippen LogP contribution in [-0.4, -0.2) is 12.1 Å². The van der Waals surface area contributed by atoms with E-state index in [1.54, 1.807) is 11.3 Å². The minimum Gasteiger partial charge on any atom is -0.489 e. The van der Waals surface area contributed by atoms with Crippen molar-refractivity contribution in [3.05, 3.63) is 117 Å². The molecule has 1 N–H and O–H groups in total. The zero-order chi connectivity index (χ0) is 24.7. The number of hydrogen-bond donors (Lipinski definition) is 1. The molecule has 36 heavy (non-hydrogen) atoms. The van der Waals surface area contributed by atoms with Gasteiger partial charge < -0.3 is 10.1 Å². The third-order valence-corrected chi connectivity index (χ3v) is 7.62. The Bertz CT molecular complexity index is 1360. The third-order valence-electron chi connectivity index (χ3n) is 6.18. The maximum absolute atomic E-state index is 13.2. The lowest BCUT2D eigenvalue weighted by atomic mass is 9.95. The summed E-state index contributed by atoms with van der Waals surface area (Å²) in [6.07, 6.45) is 6.06. The lowest BCUT2D eigenvalue weighted by Gasteiger charge is -2.12. The highest BCUT2D eigenvalue weighted by Crippen LogP contribution is 2.40. The van der Waals surface area contributed by atoms with E-state index in [1.165, 1.54) is 16.9 Å². The van der Waals surface area contributed by atoms with Crippen LogP contribution in [0.25, 0.3) is 0 Å². The summed E-state index contributed by atoms with van der Waals surface area (Å²) >= 11 is 7.69. The van der Waals surface area contributed by atoms with Crippen molar-refractivity contribution >= 4 is 40.1 Å². The molecule has 1 aromatic heterocycles. The Kier molecular flexibility index (Phi) is 7.79. The number of nitrogens with one attached hydrogen (secondary N) is 1. The average molecular weight is 515 g/mol. The number of thiophene rings is 1. The van der Waals surface area contributed by atoms with Crippen molar-refractivity contribution in [3.8, 4) is 5.75 Å². The third kappa shape index (κ3) is 6.04. The monoisotopic (exact) mass is 514 g/mol. The van der Waals surface area contributed by atoms with E-state index in [0.29, 0.717) is 18.2 Å². The van der Waals surface area contributed by atoms with Crippen LogP contribution in [0.5, 0.6) is 5.75 Å². The number of rotatable bonds is 8. The minimum atomic E-state index is -0.0461. The summed E-state index contributed by atoms with van der Waals surface area (Å²) in [4.78, 5) is 19.3. The fraction of sp³-hybridized carbons (Fsp3) is 0.200. The molecular formula is C30H27ClN2O2S. The molecule has 3 aromatic carbocycles. The van der Waals surface area contributed by atoms with Crippen LogP contribution >= 0.6 is 22.9 Å². The first-order valence-electron chi connectivity index (χ1n) is 12.1. The maximum Gasteiger partial charge on any atom is 0.254 e. The van der Waals surface area contributed by atoms with E-state index in [1.807, 2.05) is 85.1 Å². The fourth-order valence-corrected chi connectivity index (χ4v) is 5.76. The van der Waals surface area contributed by atoms with E-state index in [4.69, 9.17) is 21.3 Å². The molecule has 0 saturated carbocycles. The van der Waals surface area contributed by atoms with Gasteiger partial charge in [0.1, 0.15) is 17.4 Å². The van der Waals surface area contributed by atoms with Crippen molar-refractivity contribution < 1.29 is 9.53 Å². The maximum atomic E-state index is 13.2. The van der Waals surface area contributed by atoms with E-state index in [9.17, 15) is 4.79 Å². The molecule has 4 aromatic rings. The average Bonchev–Trinajstić information content (AvgIpc) is 3.29. The Balaban J connectivity index is 1.29. The van der Waals surface area contributed by atoms with Crippen LogP contribution in [0.3, 0.4) is 0 Å². The number of carbonyl (C=O) groups is 1. The molecule has 0 fully saturated rings. The topological polar surface area (TPSA) is 50.7 Å². The molecule has 0 saturated heterocycles. The Labute approximate surface area is 220 Å². The van der Waals surface area contributed by atoms with Crippen molar-refractivity contribution in [2.75, 3.05) is 0 Å². The first-order valence-corrected chi connectivity index (χ1v) is 13.3. The van der Waals surface area contributed by atoms with Gasteiger partial charge in [-0.05, 0) is 84.3 Å². The number of halogens is 1. The molecule has 0 unspecified atom stereocenters. The van der Waals surface area contributed by atoms with Crippen molar-refractivity contribution in [3.63, 3.8) is 0 Å². The predicted molar refractivity (Wildman–Crippen MR) is 148 cm³/mol. The molecule has 0 radical (unpaired) electrons. The molecule has 4 nitrogen and oxygen atoms in total. The summed E-state index contributed by atoms with van der Waals surface area (Å²) in [6, 6.07) is 25.4. The summed E-state index contributed by atoms with van der Waals surface area (Å²) < 4.78 is 5.88. The lowest BCUT2D eigenvalue weighted by Crippen LogP contribution is -2.24. The van der Waals surface area contributed by atoms with Gasteiger partial charge in [-0.25, -0.2) is 4.99 Å². The lowest BCUT2D eigenvalue weighted by molar-refractivity contribution is 0.0951. The van der Waals surface area contributed by atoms with Gasteiger partial charge in [-0.1, -0.05) is 54.1 Å². The molecule has 5 rings (SSSR count). The van der Waals surface area contributed by atoms with Crippen molar-refractivity contribution in [1.29, 1.82) is 0 Å². The molecule has 1 aliphatic carbocycles. The highest BCUT2D eigenvalue weighted by Gasteiger charge is 2.25. The molecule has 0 aliphatic heterocycles. The SMILES string of the molecule is O=C(NCc1ccccc1)c1c(N=Cc2ccc(OCc3cccc(Cl)c3)cc2)sc2c1CCCC2. The molecule has 0 spiro atoms. The Morgan fingerprint density at radius 1 is 0.972 bits per heavy atom. The molecular weight excluding hydrogens is 488 g/mol. The van der Waals surface area contributed by atoms with Gasteiger partial charge in [-0.2, -0.15) is 0 Å². The van der Waals surface area contributed by atoms with Crippen molar-refractivity contribution in [2.45, 2.75) is 38.8 Å². The molecule has 1 heterocycles. The summed E-state index contributed by atoms with van der Waals surface area (Å²) in [5.74, 6) is 0.731. The van der Waals surface area contributed by atoms with Crippen LogP contribution in [0.2, 0.25) is 5.02 Å². The Morgan fingerprint density at radius 2 is 1.75 bits per heavy atom.